The molecule has 37 heavy (non-hydrogen) atoms. The van der Waals surface area contributed by atoms with Crippen LogP contribution in [0.2, 0.25) is 0 Å². The number of carbonyl (C=O) groups excluding carboxylic acids is 1. The van der Waals surface area contributed by atoms with Crippen LogP contribution in [0.25, 0.3) is 0 Å². The van der Waals surface area contributed by atoms with Crippen LogP contribution in [0.15, 0.2) is 18.2 Å². The molecule has 1 aromatic heterocycles. The number of halogens is 3. The van der Waals surface area contributed by atoms with Gasteiger partial charge in [0.25, 0.3) is 0 Å². The van der Waals surface area contributed by atoms with E-state index in [2.05, 4.69) is 40.5 Å². The van der Waals surface area contributed by atoms with E-state index in [1.54, 1.807) is 26.1 Å². The fourth-order valence-electron chi connectivity index (χ4n) is 4.98. The second-order valence-electron chi connectivity index (χ2n) is 9.59. The molecule has 0 bridgehead atoms. The van der Waals surface area contributed by atoms with Gasteiger partial charge in [0.1, 0.15) is 11.6 Å². The van der Waals surface area contributed by atoms with Gasteiger partial charge in [0.15, 0.2) is 0 Å². The van der Waals surface area contributed by atoms with Crippen molar-refractivity contribution in [1.82, 2.24) is 20.3 Å². The van der Waals surface area contributed by atoms with Crippen molar-refractivity contribution in [3.05, 3.63) is 29.6 Å². The monoisotopic (exact) mass is 521 g/mol. The van der Waals surface area contributed by atoms with Gasteiger partial charge in [-0.2, -0.15) is 15.0 Å². The smallest absolute Gasteiger partial charge is 0.405 e. The molecule has 0 radical (unpaired) electrons. The van der Waals surface area contributed by atoms with Gasteiger partial charge >= 0.3 is 6.36 Å². The topological polar surface area (TPSA) is 104 Å². The van der Waals surface area contributed by atoms with E-state index in [9.17, 15) is 18.0 Å². The van der Waals surface area contributed by atoms with Gasteiger partial charge in [-0.15, -0.1) is 13.2 Å². The summed E-state index contributed by atoms with van der Waals surface area (Å²) in [6.45, 7) is 3.34. The molecule has 2 heterocycles. The van der Waals surface area contributed by atoms with Gasteiger partial charge in [-0.3, -0.25) is 4.79 Å². The number of carbonyl (C=O) groups is 1. The lowest BCUT2D eigenvalue weighted by molar-refractivity contribution is -0.274. The van der Waals surface area contributed by atoms with Gasteiger partial charge in [-0.1, -0.05) is 12.5 Å². The molecular weight excluding hydrogens is 487 g/mol. The van der Waals surface area contributed by atoms with Gasteiger partial charge in [-0.25, -0.2) is 0 Å². The predicted molar refractivity (Wildman–Crippen MR) is 135 cm³/mol. The standard InChI is InChI=1S/C25H34F3N7O2/c1-16-31-23(29-2)34-24(32-16)33-19-8-6-7-17(13-19)22(36)30-15-18-9-10-20(35-11-4-3-5-12-35)14-21(18)37-25(26,27)28/h9-10,14,17,19H,3-8,11-13,15H2,1-2H3,(H,30,36)(H2,29,31,32,33,34)/t17-,19+/m0/s1. The number of rotatable bonds is 8. The Morgan fingerprint density at radius 3 is 2.57 bits per heavy atom. The van der Waals surface area contributed by atoms with Crippen molar-refractivity contribution in [3.63, 3.8) is 0 Å². The number of aryl methyl sites for hydroxylation is 1. The van der Waals surface area contributed by atoms with Crippen molar-refractivity contribution in [2.75, 3.05) is 35.7 Å². The summed E-state index contributed by atoms with van der Waals surface area (Å²) >= 11 is 0. The number of hydrogen-bond acceptors (Lipinski definition) is 8. The summed E-state index contributed by atoms with van der Waals surface area (Å²) < 4.78 is 43.7. The molecular formula is C25H34F3N7O2. The maximum Gasteiger partial charge on any atom is 0.573 e. The number of aromatic nitrogens is 3. The van der Waals surface area contributed by atoms with Crippen molar-refractivity contribution < 1.29 is 22.7 Å². The molecule has 2 atom stereocenters. The second-order valence-corrected chi connectivity index (χ2v) is 9.59. The Balaban J connectivity index is 1.38. The summed E-state index contributed by atoms with van der Waals surface area (Å²) in [7, 11) is 1.73. The van der Waals surface area contributed by atoms with Crippen LogP contribution < -0.4 is 25.6 Å². The first-order valence-corrected chi connectivity index (χ1v) is 12.8. The number of nitrogens with zero attached hydrogens (tertiary/aromatic N) is 4. The van der Waals surface area contributed by atoms with Crippen LogP contribution in [0.4, 0.5) is 30.8 Å². The molecule has 1 saturated heterocycles. The van der Waals surface area contributed by atoms with E-state index in [1.807, 2.05) is 0 Å². The van der Waals surface area contributed by atoms with E-state index in [1.165, 1.54) is 6.07 Å². The molecule has 2 aliphatic rings. The maximum atomic E-state index is 13.1. The molecule has 1 aliphatic heterocycles. The van der Waals surface area contributed by atoms with Crippen LogP contribution in [0.5, 0.6) is 5.75 Å². The molecule has 9 nitrogen and oxygen atoms in total. The fourth-order valence-corrected chi connectivity index (χ4v) is 4.98. The number of nitrogens with one attached hydrogen (secondary N) is 3. The summed E-state index contributed by atoms with van der Waals surface area (Å²) in [5, 5.41) is 9.02. The summed E-state index contributed by atoms with van der Waals surface area (Å²) in [4.78, 5) is 27.9. The lowest BCUT2D eigenvalue weighted by Gasteiger charge is -2.30. The van der Waals surface area contributed by atoms with Crippen molar-refractivity contribution in [1.29, 1.82) is 0 Å². The Labute approximate surface area is 214 Å². The minimum atomic E-state index is -4.82. The number of anilines is 3. The third-order valence-electron chi connectivity index (χ3n) is 6.80. The number of piperidine rings is 1. The Morgan fingerprint density at radius 2 is 1.84 bits per heavy atom. The second kappa shape index (κ2) is 11.8. The first-order chi connectivity index (χ1) is 17.7. The maximum absolute atomic E-state index is 13.1. The van der Waals surface area contributed by atoms with E-state index in [4.69, 9.17) is 0 Å². The Kier molecular flexibility index (Phi) is 8.55. The average Bonchev–Trinajstić information content (AvgIpc) is 2.87. The predicted octanol–water partition coefficient (Wildman–Crippen LogP) is 4.40. The molecule has 1 aromatic carbocycles. The number of alkyl halides is 3. The highest BCUT2D eigenvalue weighted by Crippen LogP contribution is 2.32. The molecule has 202 valence electrons. The lowest BCUT2D eigenvalue weighted by Crippen LogP contribution is -2.37. The first-order valence-electron chi connectivity index (χ1n) is 12.8. The minimum absolute atomic E-state index is 0.00366. The van der Waals surface area contributed by atoms with E-state index in [0.29, 0.717) is 36.3 Å². The van der Waals surface area contributed by atoms with Gasteiger partial charge in [0.05, 0.1) is 0 Å². The SMILES string of the molecule is CNc1nc(C)nc(N[C@@H]2CCC[C@H](C(=O)NCc3ccc(N4CCCCC4)cc3OC(F)(F)F)C2)n1. The fraction of sp³-hybridized carbons (Fsp3) is 0.600. The van der Waals surface area contributed by atoms with Gasteiger partial charge in [-0.05, 0) is 51.5 Å². The first kappa shape index (κ1) is 26.7. The summed E-state index contributed by atoms with van der Waals surface area (Å²) in [6, 6.07) is 4.84. The molecule has 1 aliphatic carbocycles. The van der Waals surface area contributed by atoms with Gasteiger partial charge < -0.3 is 25.6 Å². The molecule has 1 saturated carbocycles. The summed E-state index contributed by atoms with van der Waals surface area (Å²) in [5.74, 6) is 0.763. The van der Waals surface area contributed by atoms with Crippen LogP contribution in [-0.2, 0) is 11.3 Å². The van der Waals surface area contributed by atoms with Crippen LogP contribution in [0, 0.1) is 12.8 Å². The highest BCUT2D eigenvalue weighted by Gasteiger charge is 2.33. The van der Waals surface area contributed by atoms with Crippen molar-refractivity contribution in [3.8, 4) is 5.75 Å². The molecule has 12 heteroatoms. The zero-order valence-corrected chi connectivity index (χ0v) is 21.2. The number of benzene rings is 1. The number of hydrogen-bond donors (Lipinski definition) is 3. The average molecular weight is 522 g/mol. The third-order valence-corrected chi connectivity index (χ3v) is 6.80. The molecule has 0 spiro atoms. The zero-order chi connectivity index (χ0) is 26.4. The molecule has 0 unspecified atom stereocenters. The van der Waals surface area contributed by atoms with E-state index < -0.39 is 6.36 Å². The third kappa shape index (κ3) is 7.59. The quantitative estimate of drug-likeness (QED) is 0.470. The number of ether oxygens (including phenoxy) is 1. The molecule has 4 rings (SSSR count). The molecule has 2 aromatic rings. The van der Waals surface area contributed by atoms with E-state index >= 15 is 0 Å². The van der Waals surface area contributed by atoms with E-state index in [-0.39, 0.29) is 35.7 Å². The highest BCUT2D eigenvalue weighted by atomic mass is 19.4. The van der Waals surface area contributed by atoms with Crippen molar-refractivity contribution in [2.24, 2.45) is 5.92 Å². The van der Waals surface area contributed by atoms with Gasteiger partial charge in [0, 0.05) is 56.0 Å². The molecule has 1 amide bonds. The number of amides is 1. The van der Waals surface area contributed by atoms with Gasteiger partial charge in [0.2, 0.25) is 17.8 Å². The molecule has 2 fully saturated rings. The highest BCUT2D eigenvalue weighted by molar-refractivity contribution is 5.79. The van der Waals surface area contributed by atoms with Crippen molar-refractivity contribution >= 4 is 23.5 Å². The van der Waals surface area contributed by atoms with E-state index in [0.717, 1.165) is 45.2 Å². The Hall–Kier alpha value is -3.31. The summed E-state index contributed by atoms with van der Waals surface area (Å²) in [6.07, 6.45) is 1.31. The summed E-state index contributed by atoms with van der Waals surface area (Å²) in [5.41, 5.74) is 0.988. The zero-order valence-electron chi connectivity index (χ0n) is 21.2. The minimum Gasteiger partial charge on any atom is -0.405 e. The van der Waals surface area contributed by atoms with Crippen LogP contribution >= 0.6 is 0 Å². The largest absolute Gasteiger partial charge is 0.573 e. The van der Waals surface area contributed by atoms with Crippen LogP contribution in [0.1, 0.15) is 56.3 Å². The van der Waals surface area contributed by atoms with Crippen LogP contribution in [-0.4, -0.2) is 53.4 Å². The lowest BCUT2D eigenvalue weighted by atomic mass is 9.85. The molecule has 3 N–H and O–H groups in total. The van der Waals surface area contributed by atoms with Crippen molar-refractivity contribution in [2.45, 2.75) is 70.8 Å². The Bertz CT molecular complexity index is 1080. The normalized spacial score (nSPS) is 20.3. The van der Waals surface area contributed by atoms with Crippen LogP contribution in [0.3, 0.4) is 0 Å². The Morgan fingerprint density at radius 1 is 1.08 bits per heavy atom.